The molecule has 3 aliphatic rings. The molecule has 0 aliphatic heterocycles. The normalized spacial score (nSPS) is 31.4. The minimum atomic E-state index is -4.11. The lowest BCUT2D eigenvalue weighted by Gasteiger charge is -2.70. The van der Waals surface area contributed by atoms with E-state index in [9.17, 15) is 13.2 Å². The Balaban J connectivity index is 1.96. The number of anilines is 2. The highest BCUT2D eigenvalue weighted by atomic mass is 19.4. The molecule has 20 heavy (non-hydrogen) atoms. The summed E-state index contributed by atoms with van der Waals surface area (Å²) in [6, 6.07) is 0. The van der Waals surface area contributed by atoms with Crippen LogP contribution in [-0.2, 0) is 11.8 Å². The van der Waals surface area contributed by atoms with Gasteiger partial charge in [-0.25, -0.2) is 9.97 Å². The van der Waals surface area contributed by atoms with Crippen LogP contribution >= 0.6 is 0 Å². The fraction of sp³-hybridized carbons (Fsp3) is 0.692. The number of nitrogens with zero attached hydrogens (tertiary/aromatic N) is 2. The highest BCUT2D eigenvalue weighted by Gasteiger charge is 2.79. The molecule has 0 unspecified atom stereocenters. The van der Waals surface area contributed by atoms with Crippen molar-refractivity contribution in [1.82, 2.24) is 9.97 Å². The van der Waals surface area contributed by atoms with Gasteiger partial charge < -0.3 is 11.1 Å². The lowest BCUT2D eigenvalue weighted by molar-refractivity contribution is -0.337. The quantitative estimate of drug-likeness (QED) is 0.896. The number of halogens is 3. The monoisotopic (exact) mass is 286 g/mol. The molecule has 1 aromatic rings. The Bertz CT molecular complexity index is 548. The molecule has 0 amide bonds. The van der Waals surface area contributed by atoms with E-state index in [0.717, 1.165) is 0 Å². The standard InChI is InChI=1S/C13H17F3N4/c1-3-7-19-9(8(18-2)10(17)20-7)11-4-12(5-11,6-11)13(14,15)16/h18H,3-6H2,1-2H3,(H2,17,19,20). The van der Waals surface area contributed by atoms with E-state index < -0.39 is 17.0 Å². The number of nitrogens with one attached hydrogen (secondary N) is 1. The molecule has 3 fully saturated rings. The molecule has 4 rings (SSSR count). The van der Waals surface area contributed by atoms with E-state index in [1.165, 1.54) is 0 Å². The molecule has 1 heterocycles. The minimum Gasteiger partial charge on any atom is -0.384 e. The third kappa shape index (κ3) is 1.49. The Hall–Kier alpha value is -1.53. The summed E-state index contributed by atoms with van der Waals surface area (Å²) in [5.74, 6) is 0.905. The van der Waals surface area contributed by atoms with Crippen LogP contribution < -0.4 is 11.1 Å². The van der Waals surface area contributed by atoms with Gasteiger partial charge in [-0.2, -0.15) is 13.2 Å². The van der Waals surface area contributed by atoms with E-state index in [1.54, 1.807) is 7.05 Å². The highest BCUT2D eigenvalue weighted by Crippen LogP contribution is 2.78. The first-order valence-corrected chi connectivity index (χ1v) is 6.68. The largest absolute Gasteiger partial charge is 0.394 e. The zero-order valence-electron chi connectivity index (χ0n) is 11.4. The van der Waals surface area contributed by atoms with Crippen LogP contribution in [0.2, 0.25) is 0 Å². The van der Waals surface area contributed by atoms with Crippen molar-refractivity contribution in [3.63, 3.8) is 0 Å². The summed E-state index contributed by atoms with van der Waals surface area (Å²) in [5.41, 5.74) is 5.18. The lowest BCUT2D eigenvalue weighted by Crippen LogP contribution is -2.70. The van der Waals surface area contributed by atoms with E-state index in [4.69, 9.17) is 5.73 Å². The first kappa shape index (κ1) is 13.5. The zero-order valence-corrected chi connectivity index (χ0v) is 11.4. The predicted octanol–water partition coefficient (Wildman–Crippen LogP) is 2.65. The third-order valence-electron chi connectivity index (χ3n) is 4.68. The summed E-state index contributed by atoms with van der Waals surface area (Å²) in [6.45, 7) is 1.90. The number of aromatic nitrogens is 2. The number of aryl methyl sites for hydroxylation is 1. The smallest absolute Gasteiger partial charge is 0.384 e. The van der Waals surface area contributed by atoms with Crippen LogP contribution in [0.4, 0.5) is 24.7 Å². The molecule has 0 saturated heterocycles. The number of alkyl halides is 3. The van der Waals surface area contributed by atoms with Crippen LogP contribution in [0.5, 0.6) is 0 Å². The maximum absolute atomic E-state index is 12.9. The second-order valence-corrected chi connectivity index (χ2v) is 5.94. The average molecular weight is 286 g/mol. The average Bonchev–Trinajstić information content (AvgIpc) is 2.22. The van der Waals surface area contributed by atoms with Crippen molar-refractivity contribution >= 4 is 11.5 Å². The Morgan fingerprint density at radius 3 is 2.30 bits per heavy atom. The Morgan fingerprint density at radius 2 is 1.85 bits per heavy atom. The molecule has 110 valence electrons. The van der Waals surface area contributed by atoms with Crippen molar-refractivity contribution in [3.05, 3.63) is 11.5 Å². The van der Waals surface area contributed by atoms with Gasteiger partial charge in [-0.15, -0.1) is 0 Å². The zero-order chi connectivity index (χ0) is 14.8. The molecule has 2 bridgehead atoms. The fourth-order valence-corrected chi connectivity index (χ4v) is 3.65. The molecule has 1 aromatic heterocycles. The van der Waals surface area contributed by atoms with Crippen molar-refractivity contribution < 1.29 is 13.2 Å². The molecule has 0 atom stereocenters. The van der Waals surface area contributed by atoms with Gasteiger partial charge in [0.2, 0.25) is 0 Å². The van der Waals surface area contributed by atoms with Gasteiger partial charge in [0.05, 0.1) is 16.8 Å². The molecule has 3 aliphatic carbocycles. The van der Waals surface area contributed by atoms with E-state index >= 15 is 0 Å². The summed E-state index contributed by atoms with van der Waals surface area (Å²) in [4.78, 5) is 8.61. The summed E-state index contributed by atoms with van der Waals surface area (Å²) in [5, 5.41) is 2.93. The predicted molar refractivity (Wildman–Crippen MR) is 69.4 cm³/mol. The second-order valence-electron chi connectivity index (χ2n) is 5.94. The first-order valence-electron chi connectivity index (χ1n) is 6.68. The van der Waals surface area contributed by atoms with Crippen molar-refractivity contribution in [2.45, 2.75) is 44.2 Å². The van der Waals surface area contributed by atoms with E-state index in [1.807, 2.05) is 6.92 Å². The van der Waals surface area contributed by atoms with E-state index in [2.05, 4.69) is 15.3 Å². The van der Waals surface area contributed by atoms with Gasteiger partial charge in [0.1, 0.15) is 5.82 Å². The molecule has 0 aromatic carbocycles. The minimum absolute atomic E-state index is 0.123. The Morgan fingerprint density at radius 1 is 1.25 bits per heavy atom. The maximum Gasteiger partial charge on any atom is 0.394 e. The van der Waals surface area contributed by atoms with E-state index in [-0.39, 0.29) is 19.3 Å². The molecule has 3 N–H and O–H groups in total. The van der Waals surface area contributed by atoms with Gasteiger partial charge in [-0.3, -0.25) is 0 Å². The van der Waals surface area contributed by atoms with Crippen molar-refractivity contribution in [2.75, 3.05) is 18.1 Å². The van der Waals surface area contributed by atoms with Gasteiger partial charge in [-0.05, 0) is 19.3 Å². The number of hydrogen-bond donors (Lipinski definition) is 2. The van der Waals surface area contributed by atoms with Crippen molar-refractivity contribution in [2.24, 2.45) is 5.41 Å². The molecule has 4 nitrogen and oxygen atoms in total. The summed E-state index contributed by atoms with van der Waals surface area (Å²) in [6.07, 6.45) is -3.13. The summed E-state index contributed by atoms with van der Waals surface area (Å²) < 4.78 is 38.8. The Labute approximate surface area is 115 Å². The first-order chi connectivity index (χ1) is 9.27. The van der Waals surface area contributed by atoms with Crippen LogP contribution in [-0.4, -0.2) is 23.2 Å². The highest BCUT2D eigenvalue weighted by molar-refractivity contribution is 5.67. The Kier molecular flexibility index (Phi) is 2.53. The van der Waals surface area contributed by atoms with E-state index in [0.29, 0.717) is 29.4 Å². The van der Waals surface area contributed by atoms with Gasteiger partial charge in [-0.1, -0.05) is 6.92 Å². The summed E-state index contributed by atoms with van der Waals surface area (Å²) in [7, 11) is 1.69. The fourth-order valence-electron chi connectivity index (χ4n) is 3.65. The van der Waals surface area contributed by atoms with Crippen LogP contribution in [0.1, 0.15) is 37.7 Å². The van der Waals surface area contributed by atoms with Crippen molar-refractivity contribution in [3.8, 4) is 0 Å². The number of nitrogens with two attached hydrogens (primary N) is 1. The molecule has 0 radical (unpaired) electrons. The van der Waals surface area contributed by atoms with Gasteiger partial charge in [0.15, 0.2) is 5.82 Å². The number of nitrogen functional groups attached to an aromatic ring is 1. The van der Waals surface area contributed by atoms with Gasteiger partial charge >= 0.3 is 6.18 Å². The molecule has 3 saturated carbocycles. The number of hydrogen-bond acceptors (Lipinski definition) is 4. The van der Waals surface area contributed by atoms with Gasteiger partial charge in [0, 0.05) is 18.9 Å². The van der Waals surface area contributed by atoms with Crippen LogP contribution in [0, 0.1) is 5.41 Å². The second kappa shape index (κ2) is 3.77. The molecule has 7 heteroatoms. The number of rotatable bonds is 3. The van der Waals surface area contributed by atoms with Crippen LogP contribution in [0.3, 0.4) is 0 Å². The lowest BCUT2D eigenvalue weighted by atomic mass is 9.34. The summed E-state index contributed by atoms with van der Waals surface area (Å²) >= 11 is 0. The molecular formula is C13H17F3N4. The van der Waals surface area contributed by atoms with Gasteiger partial charge in [0.25, 0.3) is 0 Å². The molecular weight excluding hydrogens is 269 g/mol. The SMILES string of the molecule is CCc1nc(N)c(NC)c(C23CC(C(F)(F)F)(C2)C3)n1. The van der Waals surface area contributed by atoms with Crippen molar-refractivity contribution in [1.29, 1.82) is 0 Å². The van der Waals surface area contributed by atoms with Crippen LogP contribution in [0.15, 0.2) is 0 Å². The topological polar surface area (TPSA) is 63.8 Å². The third-order valence-corrected chi connectivity index (χ3v) is 4.68. The maximum atomic E-state index is 12.9. The molecule has 0 spiro atoms. The van der Waals surface area contributed by atoms with Crippen LogP contribution in [0.25, 0.3) is 0 Å².